The lowest BCUT2D eigenvalue weighted by atomic mass is 9.90. The Bertz CT molecular complexity index is 1180. The van der Waals surface area contributed by atoms with Crippen molar-refractivity contribution in [3.05, 3.63) is 52.5 Å². The van der Waals surface area contributed by atoms with E-state index in [1.165, 1.54) is 32.7 Å². The Balaban J connectivity index is 1.75. The van der Waals surface area contributed by atoms with Gasteiger partial charge in [-0.05, 0) is 25.8 Å². The average Bonchev–Trinajstić information content (AvgIpc) is 2.79. The first-order valence-electron chi connectivity index (χ1n) is 9.62. The van der Waals surface area contributed by atoms with Crippen molar-refractivity contribution in [3.8, 4) is 23.1 Å². The second-order valence-electron chi connectivity index (χ2n) is 7.25. The van der Waals surface area contributed by atoms with Crippen LogP contribution >= 0.6 is 0 Å². The largest absolute Gasteiger partial charge is 0.480 e. The fourth-order valence-electron chi connectivity index (χ4n) is 3.63. The summed E-state index contributed by atoms with van der Waals surface area (Å²) in [6.07, 6.45) is 4.27. The minimum absolute atomic E-state index is 0.0674. The van der Waals surface area contributed by atoms with Gasteiger partial charge in [-0.2, -0.15) is 0 Å². The zero-order valence-electron chi connectivity index (χ0n) is 17.3. The molecule has 4 rings (SSSR count). The van der Waals surface area contributed by atoms with Crippen molar-refractivity contribution < 1.29 is 14.3 Å². The van der Waals surface area contributed by atoms with E-state index in [0.29, 0.717) is 36.6 Å². The van der Waals surface area contributed by atoms with Gasteiger partial charge in [0.2, 0.25) is 11.8 Å². The normalized spacial score (nSPS) is 17.5. The second kappa shape index (κ2) is 8.09. The monoisotopic (exact) mass is 423 g/mol. The van der Waals surface area contributed by atoms with E-state index in [0.717, 1.165) is 0 Å². The molecule has 1 amide bonds. The fourth-order valence-corrected chi connectivity index (χ4v) is 3.63. The molecule has 3 aromatic heterocycles. The minimum Gasteiger partial charge on any atom is -0.480 e. The first-order valence-corrected chi connectivity index (χ1v) is 9.62. The van der Waals surface area contributed by atoms with Gasteiger partial charge in [0.05, 0.1) is 31.1 Å². The van der Waals surface area contributed by atoms with Crippen molar-refractivity contribution >= 4 is 5.91 Å². The number of amides is 1. The SMILES string of the molecule is COc1cc(C(=O)NC2(C)CCCn3c2nc(-c2ccncn2)cc3=O)c(OC)nn1. The second-order valence-corrected chi connectivity index (χ2v) is 7.25. The van der Waals surface area contributed by atoms with Crippen LogP contribution in [0.3, 0.4) is 0 Å². The number of methoxy groups -OCH3 is 2. The summed E-state index contributed by atoms with van der Waals surface area (Å²) in [6, 6.07) is 4.57. The van der Waals surface area contributed by atoms with Crippen molar-refractivity contribution in [2.45, 2.75) is 31.8 Å². The third-order valence-electron chi connectivity index (χ3n) is 5.18. The molecule has 0 aromatic carbocycles. The Morgan fingerprint density at radius 2 is 2.03 bits per heavy atom. The number of fused-ring (bicyclic) bond motifs is 1. The van der Waals surface area contributed by atoms with Gasteiger partial charge in [-0.3, -0.25) is 14.2 Å². The maximum absolute atomic E-state index is 13.2. The number of hydrogen-bond acceptors (Lipinski definition) is 9. The van der Waals surface area contributed by atoms with Gasteiger partial charge in [-0.1, -0.05) is 0 Å². The van der Waals surface area contributed by atoms with Crippen molar-refractivity contribution in [2.24, 2.45) is 0 Å². The van der Waals surface area contributed by atoms with Crippen LogP contribution in [0.1, 0.15) is 35.9 Å². The number of aromatic nitrogens is 6. The standard InChI is InChI=1S/C20H21N7O4/c1-20(24-17(29)12-9-15(30-2)25-26-18(12)31-3)6-4-8-27-16(28)10-14(23-19(20)27)13-5-7-21-11-22-13/h5,7,9-11H,4,6,8H2,1-3H3,(H,24,29). The molecule has 3 aromatic rings. The van der Waals surface area contributed by atoms with Crippen LogP contribution in [-0.4, -0.2) is 49.8 Å². The van der Waals surface area contributed by atoms with Crippen LogP contribution in [0.5, 0.6) is 11.8 Å². The van der Waals surface area contributed by atoms with E-state index in [2.05, 4.69) is 25.5 Å². The minimum atomic E-state index is -0.904. The van der Waals surface area contributed by atoms with Gasteiger partial charge in [-0.25, -0.2) is 15.0 Å². The molecule has 0 radical (unpaired) electrons. The molecular weight excluding hydrogens is 402 g/mol. The molecule has 0 bridgehead atoms. The molecule has 11 nitrogen and oxygen atoms in total. The molecule has 11 heteroatoms. The molecular formula is C20H21N7O4. The van der Waals surface area contributed by atoms with Gasteiger partial charge in [0.1, 0.15) is 17.7 Å². The summed E-state index contributed by atoms with van der Waals surface area (Å²) in [7, 11) is 2.84. The summed E-state index contributed by atoms with van der Waals surface area (Å²) in [5.74, 6) is 0.266. The van der Waals surface area contributed by atoms with E-state index in [9.17, 15) is 9.59 Å². The smallest absolute Gasteiger partial charge is 0.257 e. The average molecular weight is 423 g/mol. The topological polar surface area (TPSA) is 134 Å². The number of rotatable bonds is 5. The number of hydrogen-bond donors (Lipinski definition) is 1. The summed E-state index contributed by atoms with van der Waals surface area (Å²) in [5.41, 5.74) is 0.00920. The molecule has 1 N–H and O–H groups in total. The van der Waals surface area contributed by atoms with E-state index in [4.69, 9.17) is 14.5 Å². The Morgan fingerprint density at radius 3 is 2.74 bits per heavy atom. The molecule has 0 fully saturated rings. The summed E-state index contributed by atoms with van der Waals surface area (Å²) in [4.78, 5) is 38.7. The molecule has 0 saturated heterocycles. The lowest BCUT2D eigenvalue weighted by Crippen LogP contribution is -2.50. The number of ether oxygens (including phenoxy) is 2. The number of carbonyl (C=O) groups is 1. The summed E-state index contributed by atoms with van der Waals surface area (Å²) in [5, 5.41) is 10.7. The van der Waals surface area contributed by atoms with Gasteiger partial charge < -0.3 is 14.8 Å². The van der Waals surface area contributed by atoms with Crippen LogP contribution in [0.25, 0.3) is 11.4 Å². The van der Waals surface area contributed by atoms with Crippen LogP contribution in [0.2, 0.25) is 0 Å². The Kier molecular flexibility index (Phi) is 5.32. The number of carbonyl (C=O) groups excluding carboxylic acids is 1. The predicted molar refractivity (Wildman–Crippen MR) is 109 cm³/mol. The van der Waals surface area contributed by atoms with Crippen molar-refractivity contribution in [3.63, 3.8) is 0 Å². The summed E-state index contributed by atoms with van der Waals surface area (Å²) in [6.45, 7) is 2.36. The summed E-state index contributed by atoms with van der Waals surface area (Å²) >= 11 is 0. The van der Waals surface area contributed by atoms with Crippen LogP contribution in [0, 0.1) is 0 Å². The number of nitrogens with one attached hydrogen (secondary N) is 1. The van der Waals surface area contributed by atoms with Crippen LogP contribution < -0.4 is 20.3 Å². The van der Waals surface area contributed by atoms with Crippen molar-refractivity contribution in [1.29, 1.82) is 0 Å². The fraction of sp³-hybridized carbons (Fsp3) is 0.350. The molecule has 1 unspecified atom stereocenters. The highest BCUT2D eigenvalue weighted by atomic mass is 16.5. The first-order chi connectivity index (χ1) is 14.9. The quantitative estimate of drug-likeness (QED) is 0.636. The molecule has 4 heterocycles. The Labute approximate surface area is 177 Å². The van der Waals surface area contributed by atoms with Gasteiger partial charge in [0.15, 0.2) is 0 Å². The van der Waals surface area contributed by atoms with E-state index in [-0.39, 0.29) is 22.9 Å². The van der Waals surface area contributed by atoms with E-state index >= 15 is 0 Å². The predicted octanol–water partition coefficient (Wildman–Crippen LogP) is 0.946. The highest BCUT2D eigenvalue weighted by Gasteiger charge is 2.37. The molecule has 0 saturated carbocycles. The third-order valence-corrected chi connectivity index (χ3v) is 5.18. The highest BCUT2D eigenvalue weighted by Crippen LogP contribution is 2.31. The van der Waals surface area contributed by atoms with E-state index in [1.807, 2.05) is 6.92 Å². The molecule has 1 atom stereocenters. The van der Waals surface area contributed by atoms with Gasteiger partial charge >= 0.3 is 0 Å². The summed E-state index contributed by atoms with van der Waals surface area (Å²) < 4.78 is 11.8. The number of nitrogens with zero attached hydrogens (tertiary/aromatic N) is 6. The first kappa shape index (κ1) is 20.4. The van der Waals surface area contributed by atoms with Crippen LogP contribution in [-0.2, 0) is 12.1 Å². The Morgan fingerprint density at radius 1 is 1.19 bits per heavy atom. The molecule has 0 spiro atoms. The van der Waals surface area contributed by atoms with Crippen LogP contribution in [0.15, 0.2) is 35.5 Å². The molecule has 0 aliphatic carbocycles. The zero-order chi connectivity index (χ0) is 22.0. The zero-order valence-corrected chi connectivity index (χ0v) is 17.3. The van der Waals surface area contributed by atoms with Gasteiger partial charge in [0, 0.05) is 24.9 Å². The van der Waals surface area contributed by atoms with E-state index in [1.54, 1.807) is 16.8 Å². The lowest BCUT2D eigenvalue weighted by Gasteiger charge is -2.36. The maximum Gasteiger partial charge on any atom is 0.257 e. The molecule has 31 heavy (non-hydrogen) atoms. The molecule has 1 aliphatic rings. The van der Waals surface area contributed by atoms with E-state index < -0.39 is 11.4 Å². The molecule has 1 aliphatic heterocycles. The van der Waals surface area contributed by atoms with Gasteiger partial charge in [-0.15, -0.1) is 10.2 Å². The third kappa shape index (κ3) is 3.81. The van der Waals surface area contributed by atoms with Gasteiger partial charge in [0.25, 0.3) is 11.5 Å². The maximum atomic E-state index is 13.2. The Hall–Kier alpha value is -3.89. The molecule has 160 valence electrons. The highest BCUT2D eigenvalue weighted by molar-refractivity contribution is 5.97. The van der Waals surface area contributed by atoms with Crippen molar-refractivity contribution in [1.82, 2.24) is 35.0 Å². The van der Waals surface area contributed by atoms with Crippen LogP contribution in [0.4, 0.5) is 0 Å². The van der Waals surface area contributed by atoms with Crippen molar-refractivity contribution in [2.75, 3.05) is 14.2 Å². The lowest BCUT2D eigenvalue weighted by molar-refractivity contribution is 0.0875.